The Morgan fingerprint density at radius 2 is 1.82 bits per heavy atom. The number of nitrogens with zero attached hydrogens (tertiary/aromatic N) is 4. The summed E-state index contributed by atoms with van der Waals surface area (Å²) in [6, 6.07) is 5.13. The van der Waals surface area contributed by atoms with E-state index >= 15 is 0 Å². The van der Waals surface area contributed by atoms with Gasteiger partial charge in [0.25, 0.3) is 5.56 Å². The number of pyridine rings is 1. The molecule has 3 aromatic rings. The molecule has 1 amide bonds. The van der Waals surface area contributed by atoms with Gasteiger partial charge in [0, 0.05) is 30.8 Å². The van der Waals surface area contributed by atoms with Crippen molar-refractivity contribution in [2.75, 3.05) is 13.1 Å². The van der Waals surface area contributed by atoms with Crippen molar-refractivity contribution < 1.29 is 31.6 Å². The van der Waals surface area contributed by atoms with E-state index in [1.165, 1.54) is 22.3 Å². The van der Waals surface area contributed by atoms with Gasteiger partial charge in [-0.25, -0.2) is 13.8 Å². The van der Waals surface area contributed by atoms with Crippen LogP contribution in [0.3, 0.4) is 0 Å². The zero-order valence-electron chi connectivity index (χ0n) is 20.1. The molecule has 2 aromatic heterocycles. The van der Waals surface area contributed by atoms with E-state index in [-0.39, 0.29) is 23.1 Å². The third-order valence-electron chi connectivity index (χ3n) is 6.72. The highest BCUT2D eigenvalue weighted by Crippen LogP contribution is 2.35. The number of hydrogen-bond acceptors (Lipinski definition) is 6. The number of halogens is 6. The first-order chi connectivity index (χ1) is 18.5. The van der Waals surface area contributed by atoms with Crippen molar-refractivity contribution in [1.29, 1.82) is 0 Å². The summed E-state index contributed by atoms with van der Waals surface area (Å²) >= 11 is 7.31. The molecule has 1 saturated heterocycles. The molecule has 0 bridgehead atoms. The fraction of sp³-hybridized carbons (Fsp3) is 0.360. The minimum Gasteiger partial charge on any atom is -0.387 e. The van der Waals surface area contributed by atoms with Gasteiger partial charge in [0.05, 0.1) is 16.3 Å². The smallest absolute Gasteiger partial charge is 0.387 e. The van der Waals surface area contributed by atoms with Crippen LogP contribution in [0.4, 0.5) is 22.0 Å². The lowest BCUT2D eigenvalue weighted by Gasteiger charge is -2.31. The summed E-state index contributed by atoms with van der Waals surface area (Å²) in [5, 5.41) is 6.31. The number of rotatable bonds is 5. The normalized spacial score (nSPS) is 18.3. The zero-order valence-corrected chi connectivity index (χ0v) is 21.6. The molecule has 2 aliphatic heterocycles. The molecule has 1 atom stereocenters. The lowest BCUT2D eigenvalue weighted by Crippen LogP contribution is -2.42. The van der Waals surface area contributed by atoms with Gasteiger partial charge in [-0.2, -0.15) is 13.2 Å². The first-order valence-electron chi connectivity index (χ1n) is 11.9. The molecule has 39 heavy (non-hydrogen) atoms. The van der Waals surface area contributed by atoms with Crippen LogP contribution in [0.1, 0.15) is 53.1 Å². The monoisotopic (exact) mass is 586 g/mol. The first kappa shape index (κ1) is 27.3. The van der Waals surface area contributed by atoms with Crippen LogP contribution >= 0.6 is 22.9 Å². The van der Waals surface area contributed by atoms with Gasteiger partial charge in [0.15, 0.2) is 6.10 Å². The summed E-state index contributed by atoms with van der Waals surface area (Å²) in [7, 11) is 0. The Labute approximate surface area is 227 Å². The van der Waals surface area contributed by atoms with Gasteiger partial charge < -0.3 is 9.74 Å². The minimum atomic E-state index is -4.86. The third-order valence-corrected chi connectivity index (χ3v) is 8.06. The van der Waals surface area contributed by atoms with Crippen molar-refractivity contribution in [3.63, 3.8) is 0 Å². The van der Waals surface area contributed by atoms with Gasteiger partial charge in [-0.3, -0.25) is 14.2 Å². The van der Waals surface area contributed by atoms with Crippen LogP contribution in [0.15, 0.2) is 45.7 Å². The van der Waals surface area contributed by atoms with Crippen LogP contribution in [0.2, 0.25) is 5.15 Å². The third kappa shape index (κ3) is 5.55. The van der Waals surface area contributed by atoms with Gasteiger partial charge in [0.1, 0.15) is 34.6 Å². The number of benzene rings is 1. The molecular formula is C25H20ClF5N4O3S. The summed E-state index contributed by atoms with van der Waals surface area (Å²) in [6.07, 6.45) is -4.49. The molecule has 0 saturated carbocycles. The topological polar surface area (TPSA) is 76.8 Å². The maximum absolute atomic E-state index is 14.1. The number of alkyl halides is 3. The molecule has 5 rings (SSSR count). The van der Waals surface area contributed by atoms with Gasteiger partial charge in [-0.05, 0) is 37.1 Å². The summed E-state index contributed by atoms with van der Waals surface area (Å²) in [6.45, 7) is 0.0438. The van der Waals surface area contributed by atoms with E-state index in [9.17, 15) is 31.5 Å². The van der Waals surface area contributed by atoms with Crippen LogP contribution in [0.5, 0.6) is 0 Å². The Balaban J connectivity index is 1.19. The number of thiazole rings is 1. The molecule has 1 unspecified atom stereocenters. The molecule has 206 valence electrons. The standard InChI is InChI=1S/C25H20ClF5N4O3S/c26-20-5-4-14(25(29,30)31)24(37)35(20)11-21(36)34-8-6-13(7-9-34)23-32-18(12-39-23)17-10-19(38-33-17)22-15(27)2-1-3-16(22)28/h1-5,12-13,19H,6-11H2. The fourth-order valence-corrected chi connectivity index (χ4v) is 5.84. The summed E-state index contributed by atoms with van der Waals surface area (Å²) in [5.74, 6) is -1.91. The summed E-state index contributed by atoms with van der Waals surface area (Å²) in [4.78, 5) is 36.4. The lowest BCUT2D eigenvalue weighted by molar-refractivity contribution is -0.139. The lowest BCUT2D eigenvalue weighted by atomic mass is 9.97. The number of carbonyl (C=O) groups excluding carboxylic acids is 1. The van der Waals surface area contributed by atoms with Crippen molar-refractivity contribution in [3.8, 4) is 0 Å². The Morgan fingerprint density at radius 1 is 1.13 bits per heavy atom. The molecule has 0 spiro atoms. The first-order valence-corrected chi connectivity index (χ1v) is 13.2. The number of oxime groups is 1. The van der Waals surface area contributed by atoms with Crippen LogP contribution in [-0.4, -0.2) is 39.2 Å². The number of likely N-dealkylation sites (tertiary alicyclic amines) is 1. The zero-order chi connectivity index (χ0) is 27.9. The highest BCUT2D eigenvalue weighted by molar-refractivity contribution is 7.10. The Morgan fingerprint density at radius 3 is 2.49 bits per heavy atom. The van der Waals surface area contributed by atoms with Gasteiger partial charge >= 0.3 is 6.18 Å². The van der Waals surface area contributed by atoms with E-state index in [0.29, 0.717) is 48.0 Å². The Kier molecular flexibility index (Phi) is 7.47. The largest absolute Gasteiger partial charge is 0.421 e. The van der Waals surface area contributed by atoms with E-state index < -0.39 is 47.5 Å². The molecule has 0 N–H and O–H groups in total. The average molecular weight is 587 g/mol. The van der Waals surface area contributed by atoms with Crippen molar-refractivity contribution in [3.05, 3.63) is 84.7 Å². The van der Waals surface area contributed by atoms with Gasteiger partial charge in [0.2, 0.25) is 5.91 Å². The molecule has 7 nitrogen and oxygen atoms in total. The minimum absolute atomic E-state index is 0.0235. The maximum Gasteiger partial charge on any atom is 0.421 e. The molecule has 1 aromatic carbocycles. The van der Waals surface area contributed by atoms with Crippen LogP contribution in [0, 0.1) is 11.6 Å². The van der Waals surface area contributed by atoms with Crippen molar-refractivity contribution in [2.24, 2.45) is 5.16 Å². The van der Waals surface area contributed by atoms with E-state index in [1.807, 2.05) is 0 Å². The van der Waals surface area contributed by atoms with Crippen molar-refractivity contribution in [1.82, 2.24) is 14.5 Å². The predicted molar refractivity (Wildman–Crippen MR) is 133 cm³/mol. The summed E-state index contributed by atoms with van der Waals surface area (Å²) < 4.78 is 68.1. The SMILES string of the molecule is O=C(Cn1c(Cl)ccc(C(F)(F)F)c1=O)N1CCC(c2nc(C3=NOC(c4c(F)cccc4F)C3)cs2)CC1. The number of carbonyl (C=O) groups is 1. The molecule has 1 fully saturated rings. The fourth-order valence-electron chi connectivity index (χ4n) is 4.64. The average Bonchev–Trinajstić information content (AvgIpc) is 3.56. The molecule has 0 radical (unpaired) electrons. The predicted octanol–water partition coefficient (Wildman–Crippen LogP) is 5.53. The number of hydrogen-bond donors (Lipinski definition) is 0. The molecule has 0 aliphatic carbocycles. The number of aromatic nitrogens is 2. The number of amides is 1. The highest BCUT2D eigenvalue weighted by Gasteiger charge is 2.36. The maximum atomic E-state index is 14.1. The molecule has 14 heteroatoms. The second-order valence-corrected chi connectivity index (χ2v) is 10.4. The number of piperidine rings is 1. The quantitative estimate of drug-likeness (QED) is 0.291. The Bertz CT molecular complexity index is 1480. The van der Waals surface area contributed by atoms with E-state index in [2.05, 4.69) is 10.1 Å². The second kappa shape index (κ2) is 10.7. The molecule has 4 heterocycles. The van der Waals surface area contributed by atoms with Gasteiger partial charge in [-0.1, -0.05) is 22.8 Å². The highest BCUT2D eigenvalue weighted by atomic mass is 35.5. The Hall–Kier alpha value is -3.32. The van der Waals surface area contributed by atoms with Crippen LogP contribution in [-0.2, 0) is 22.4 Å². The van der Waals surface area contributed by atoms with E-state index in [1.54, 1.807) is 5.38 Å². The summed E-state index contributed by atoms with van der Waals surface area (Å²) in [5.41, 5.74) is -1.92. The van der Waals surface area contributed by atoms with E-state index in [4.69, 9.17) is 16.4 Å². The molecule has 2 aliphatic rings. The second-order valence-electron chi connectivity index (χ2n) is 9.16. The van der Waals surface area contributed by atoms with Crippen LogP contribution < -0.4 is 5.56 Å². The van der Waals surface area contributed by atoms with Crippen molar-refractivity contribution in [2.45, 2.75) is 44.0 Å². The van der Waals surface area contributed by atoms with Crippen molar-refractivity contribution >= 4 is 34.6 Å². The van der Waals surface area contributed by atoms with E-state index in [0.717, 1.165) is 23.2 Å². The molecular weight excluding hydrogens is 567 g/mol. The van der Waals surface area contributed by atoms with Crippen LogP contribution in [0.25, 0.3) is 0 Å². The van der Waals surface area contributed by atoms with Gasteiger partial charge in [-0.15, -0.1) is 11.3 Å².